The summed E-state index contributed by atoms with van der Waals surface area (Å²) in [6.45, 7) is 12.2. The molecule has 0 aromatic carbocycles. The van der Waals surface area contributed by atoms with Crippen molar-refractivity contribution in [1.82, 2.24) is 0 Å². The van der Waals surface area contributed by atoms with Gasteiger partial charge in [-0.05, 0) is 11.3 Å². The number of primary sulfonamides is 1. The minimum absolute atomic E-state index is 0.0522. The number of sulfonamides is 1. The lowest BCUT2D eigenvalue weighted by atomic mass is 9.82. The average molecular weight is 295 g/mol. The van der Waals surface area contributed by atoms with Gasteiger partial charge in [0, 0.05) is 12.5 Å². The third kappa shape index (κ3) is 11.4. The summed E-state index contributed by atoms with van der Waals surface area (Å²) in [5.74, 6) is 0.334. The van der Waals surface area contributed by atoms with Crippen molar-refractivity contribution in [2.75, 3.05) is 32.2 Å². The summed E-state index contributed by atoms with van der Waals surface area (Å²) in [7, 11) is -3.48. The van der Waals surface area contributed by atoms with Crippen molar-refractivity contribution in [3.8, 4) is 0 Å². The van der Waals surface area contributed by atoms with Crippen molar-refractivity contribution < 1.29 is 17.9 Å². The Bertz CT molecular complexity index is 333. The fraction of sp³-hybridized carbons (Fsp3) is 1.00. The van der Waals surface area contributed by atoms with Gasteiger partial charge in [-0.2, -0.15) is 0 Å². The molecule has 0 aliphatic rings. The number of nitrogens with two attached hydrogens (primary N) is 1. The van der Waals surface area contributed by atoms with Crippen LogP contribution in [0.5, 0.6) is 0 Å². The Morgan fingerprint density at radius 2 is 1.53 bits per heavy atom. The topological polar surface area (TPSA) is 78.6 Å². The molecule has 0 rings (SSSR count). The SMILES string of the molecule is CC(C)COCCOCC(CS(N)(=O)=O)C(C)(C)C. The second kappa shape index (κ2) is 8.19. The zero-order valence-electron chi connectivity index (χ0n) is 12.8. The number of hydrogen-bond acceptors (Lipinski definition) is 4. The summed E-state index contributed by atoms with van der Waals surface area (Å²) in [6, 6.07) is 0. The Balaban J connectivity index is 4.02. The molecule has 6 heteroatoms. The molecule has 0 spiro atoms. The van der Waals surface area contributed by atoms with E-state index in [1.54, 1.807) is 0 Å². The molecular formula is C13H29NO4S. The normalized spacial score (nSPS) is 14.9. The molecule has 116 valence electrons. The first kappa shape index (κ1) is 18.8. The van der Waals surface area contributed by atoms with Crippen molar-refractivity contribution in [2.45, 2.75) is 34.6 Å². The Hall–Kier alpha value is -0.170. The largest absolute Gasteiger partial charge is 0.379 e. The van der Waals surface area contributed by atoms with Crippen LogP contribution in [0.3, 0.4) is 0 Å². The van der Waals surface area contributed by atoms with Crippen LogP contribution in [0.4, 0.5) is 0 Å². The van der Waals surface area contributed by atoms with E-state index in [1.807, 2.05) is 20.8 Å². The first-order valence-electron chi connectivity index (χ1n) is 6.68. The third-order valence-corrected chi connectivity index (χ3v) is 3.67. The molecule has 0 aromatic heterocycles. The second-order valence-corrected chi connectivity index (χ2v) is 8.10. The highest BCUT2D eigenvalue weighted by Gasteiger charge is 2.28. The molecule has 0 saturated heterocycles. The fourth-order valence-electron chi connectivity index (χ4n) is 1.49. The molecule has 1 atom stereocenters. The van der Waals surface area contributed by atoms with Gasteiger partial charge in [0.15, 0.2) is 0 Å². The molecule has 0 aliphatic carbocycles. The van der Waals surface area contributed by atoms with Crippen LogP contribution >= 0.6 is 0 Å². The predicted molar refractivity (Wildman–Crippen MR) is 77.4 cm³/mol. The lowest BCUT2D eigenvalue weighted by molar-refractivity contribution is 0.0127. The van der Waals surface area contributed by atoms with E-state index in [1.165, 1.54) is 0 Å². The highest BCUT2D eigenvalue weighted by Crippen LogP contribution is 2.27. The maximum atomic E-state index is 11.2. The Morgan fingerprint density at radius 3 is 1.89 bits per heavy atom. The van der Waals surface area contributed by atoms with Crippen LogP contribution < -0.4 is 5.14 Å². The molecule has 1 unspecified atom stereocenters. The van der Waals surface area contributed by atoms with Gasteiger partial charge in [0.1, 0.15) is 0 Å². The molecule has 0 bridgehead atoms. The monoisotopic (exact) mass is 295 g/mol. The first-order chi connectivity index (χ1) is 8.52. The van der Waals surface area contributed by atoms with Crippen LogP contribution in [0.2, 0.25) is 0 Å². The maximum Gasteiger partial charge on any atom is 0.209 e. The summed E-state index contributed by atoms with van der Waals surface area (Å²) in [5, 5.41) is 5.11. The zero-order chi connectivity index (χ0) is 15.1. The smallest absolute Gasteiger partial charge is 0.209 e. The molecule has 0 heterocycles. The third-order valence-electron chi connectivity index (χ3n) is 2.80. The Morgan fingerprint density at radius 1 is 1.05 bits per heavy atom. The van der Waals surface area contributed by atoms with Gasteiger partial charge in [-0.1, -0.05) is 34.6 Å². The number of ether oxygens (including phenoxy) is 2. The molecule has 0 saturated carbocycles. The van der Waals surface area contributed by atoms with E-state index in [2.05, 4.69) is 13.8 Å². The van der Waals surface area contributed by atoms with Crippen LogP contribution in [0.25, 0.3) is 0 Å². The molecule has 0 radical (unpaired) electrons. The van der Waals surface area contributed by atoms with Gasteiger partial charge in [0.05, 0.1) is 25.6 Å². The summed E-state index contributed by atoms with van der Waals surface area (Å²) in [4.78, 5) is 0. The highest BCUT2D eigenvalue weighted by molar-refractivity contribution is 7.89. The molecular weight excluding hydrogens is 266 g/mol. The molecule has 0 aromatic rings. The fourth-order valence-corrected chi connectivity index (χ4v) is 2.65. The van der Waals surface area contributed by atoms with Crippen LogP contribution in [-0.2, 0) is 19.5 Å². The van der Waals surface area contributed by atoms with E-state index in [9.17, 15) is 8.42 Å². The standard InChI is InChI=1S/C13H29NO4S/c1-11(2)8-17-6-7-18-9-12(13(3,4)5)10-19(14,15)16/h11-12H,6-10H2,1-5H3,(H2,14,15,16). The zero-order valence-corrected chi connectivity index (χ0v) is 13.6. The van der Waals surface area contributed by atoms with Gasteiger partial charge in [-0.25, -0.2) is 13.6 Å². The summed E-state index contributed by atoms with van der Waals surface area (Å²) in [6.07, 6.45) is 0. The molecule has 5 nitrogen and oxygen atoms in total. The van der Waals surface area contributed by atoms with Crippen LogP contribution in [0.15, 0.2) is 0 Å². The minimum atomic E-state index is -3.48. The number of rotatable bonds is 9. The van der Waals surface area contributed by atoms with E-state index in [-0.39, 0.29) is 17.1 Å². The van der Waals surface area contributed by atoms with Crippen molar-refractivity contribution in [3.63, 3.8) is 0 Å². The van der Waals surface area contributed by atoms with Crippen molar-refractivity contribution >= 4 is 10.0 Å². The summed E-state index contributed by atoms with van der Waals surface area (Å²) < 4.78 is 33.3. The highest BCUT2D eigenvalue weighted by atomic mass is 32.2. The van der Waals surface area contributed by atoms with Crippen LogP contribution in [0.1, 0.15) is 34.6 Å². The lowest BCUT2D eigenvalue weighted by Crippen LogP contribution is -2.35. The van der Waals surface area contributed by atoms with E-state index < -0.39 is 10.0 Å². The van der Waals surface area contributed by atoms with Gasteiger partial charge < -0.3 is 9.47 Å². The average Bonchev–Trinajstić information content (AvgIpc) is 2.17. The van der Waals surface area contributed by atoms with Gasteiger partial charge >= 0.3 is 0 Å². The van der Waals surface area contributed by atoms with E-state index in [0.29, 0.717) is 32.3 Å². The maximum absolute atomic E-state index is 11.2. The molecule has 2 N–H and O–H groups in total. The van der Waals surface area contributed by atoms with Crippen molar-refractivity contribution in [1.29, 1.82) is 0 Å². The van der Waals surface area contributed by atoms with Crippen molar-refractivity contribution in [2.24, 2.45) is 22.4 Å². The number of hydrogen-bond donors (Lipinski definition) is 1. The van der Waals surface area contributed by atoms with E-state index in [0.717, 1.165) is 0 Å². The quantitative estimate of drug-likeness (QED) is 0.656. The van der Waals surface area contributed by atoms with Gasteiger partial charge in [-0.15, -0.1) is 0 Å². The van der Waals surface area contributed by atoms with Gasteiger partial charge in [0.2, 0.25) is 10.0 Å². The molecule has 0 amide bonds. The van der Waals surface area contributed by atoms with Crippen molar-refractivity contribution in [3.05, 3.63) is 0 Å². The van der Waals surface area contributed by atoms with Crippen LogP contribution in [-0.4, -0.2) is 40.6 Å². The Labute approximate surface area is 117 Å². The van der Waals surface area contributed by atoms with Crippen LogP contribution in [0, 0.1) is 17.3 Å². The minimum Gasteiger partial charge on any atom is -0.379 e. The lowest BCUT2D eigenvalue weighted by Gasteiger charge is -2.29. The second-order valence-electron chi connectivity index (χ2n) is 6.44. The van der Waals surface area contributed by atoms with Gasteiger partial charge in [0.25, 0.3) is 0 Å². The molecule has 0 aliphatic heterocycles. The van der Waals surface area contributed by atoms with E-state index in [4.69, 9.17) is 14.6 Å². The molecule has 19 heavy (non-hydrogen) atoms. The van der Waals surface area contributed by atoms with E-state index >= 15 is 0 Å². The Kier molecular flexibility index (Phi) is 8.12. The first-order valence-corrected chi connectivity index (χ1v) is 8.40. The summed E-state index contributed by atoms with van der Waals surface area (Å²) >= 11 is 0. The molecule has 0 fully saturated rings. The predicted octanol–water partition coefficient (Wildman–Crippen LogP) is 1.63. The summed E-state index contributed by atoms with van der Waals surface area (Å²) in [5.41, 5.74) is -0.161. The van der Waals surface area contributed by atoms with Gasteiger partial charge in [-0.3, -0.25) is 0 Å².